The average molecular weight is 413 g/mol. The van der Waals surface area contributed by atoms with Gasteiger partial charge in [-0.2, -0.15) is 0 Å². The Hall–Kier alpha value is -1.18. The molecule has 4 rings (SSSR count). The van der Waals surface area contributed by atoms with E-state index in [4.69, 9.17) is 0 Å². The molecule has 0 unspecified atom stereocenters. The second-order valence-corrected chi connectivity index (χ2v) is 8.76. The summed E-state index contributed by atoms with van der Waals surface area (Å²) in [6, 6.07) is -0.0999. The lowest BCUT2D eigenvalue weighted by Gasteiger charge is -2.53. The SMILES string of the molecule is CCCc1nc(CNC(=O)[C@H]2[C@@H]3CNC[C@@H](C3)[C@@H]3CCCC(=O)N32)cs1.Cl. The van der Waals surface area contributed by atoms with E-state index in [2.05, 4.69) is 22.5 Å². The maximum Gasteiger partial charge on any atom is 0.243 e. The number of aromatic nitrogens is 1. The number of rotatable bonds is 5. The second kappa shape index (κ2) is 8.88. The molecular weight excluding hydrogens is 384 g/mol. The van der Waals surface area contributed by atoms with Gasteiger partial charge in [0.1, 0.15) is 6.04 Å². The molecule has 3 aliphatic rings. The van der Waals surface area contributed by atoms with Gasteiger partial charge in [-0.1, -0.05) is 6.92 Å². The highest BCUT2D eigenvalue weighted by Crippen LogP contribution is 2.39. The standard InChI is InChI=1S/C19H28N4O2S.ClH/c1-2-4-16-22-14(11-26-16)10-21-19(25)18-13-7-12(8-20-9-13)15-5-3-6-17(24)23(15)18;/h11-13,15,18,20H,2-10H2,1H3,(H,21,25);1H/t12-,13+,15+,18-;/m1./s1. The Morgan fingerprint density at radius 1 is 1.41 bits per heavy atom. The molecule has 150 valence electrons. The number of aryl methyl sites for hydroxylation is 1. The zero-order valence-corrected chi connectivity index (χ0v) is 17.4. The van der Waals surface area contributed by atoms with Gasteiger partial charge in [0.15, 0.2) is 0 Å². The first-order chi connectivity index (χ1) is 12.7. The zero-order valence-electron chi connectivity index (χ0n) is 15.8. The van der Waals surface area contributed by atoms with Gasteiger partial charge < -0.3 is 15.5 Å². The molecule has 2 amide bonds. The number of piperidine rings is 3. The van der Waals surface area contributed by atoms with E-state index >= 15 is 0 Å². The number of amides is 2. The molecule has 2 N–H and O–H groups in total. The molecule has 0 aliphatic carbocycles. The van der Waals surface area contributed by atoms with E-state index in [9.17, 15) is 9.59 Å². The van der Waals surface area contributed by atoms with Crippen LogP contribution in [0.15, 0.2) is 5.38 Å². The summed E-state index contributed by atoms with van der Waals surface area (Å²) in [5, 5.41) is 9.70. The molecule has 2 bridgehead atoms. The van der Waals surface area contributed by atoms with E-state index in [0.29, 0.717) is 18.9 Å². The summed E-state index contributed by atoms with van der Waals surface area (Å²) >= 11 is 1.66. The third kappa shape index (κ3) is 4.15. The topological polar surface area (TPSA) is 74.3 Å². The summed E-state index contributed by atoms with van der Waals surface area (Å²) in [5.74, 6) is 0.870. The van der Waals surface area contributed by atoms with Gasteiger partial charge in [0.05, 0.1) is 17.2 Å². The van der Waals surface area contributed by atoms with Gasteiger partial charge >= 0.3 is 0 Å². The average Bonchev–Trinajstić information content (AvgIpc) is 3.09. The molecule has 3 fully saturated rings. The van der Waals surface area contributed by atoms with E-state index in [0.717, 1.165) is 55.9 Å². The third-order valence-electron chi connectivity index (χ3n) is 6.02. The molecule has 0 aromatic carbocycles. The van der Waals surface area contributed by atoms with Crippen LogP contribution in [0.3, 0.4) is 0 Å². The Kier molecular flexibility index (Phi) is 6.76. The minimum atomic E-state index is -0.328. The molecule has 4 atom stereocenters. The Labute approximate surface area is 170 Å². The molecule has 3 saturated heterocycles. The van der Waals surface area contributed by atoms with Crippen LogP contribution in [0.5, 0.6) is 0 Å². The summed E-state index contributed by atoms with van der Waals surface area (Å²) in [4.78, 5) is 32.2. The molecule has 4 heterocycles. The van der Waals surface area contributed by atoms with Crippen molar-refractivity contribution in [3.63, 3.8) is 0 Å². The fourth-order valence-corrected chi connectivity index (χ4v) is 5.79. The minimum absolute atomic E-state index is 0. The lowest BCUT2D eigenvalue weighted by molar-refractivity contribution is -0.157. The minimum Gasteiger partial charge on any atom is -0.349 e. The van der Waals surface area contributed by atoms with Crippen molar-refractivity contribution in [2.24, 2.45) is 11.8 Å². The van der Waals surface area contributed by atoms with Crippen molar-refractivity contribution in [2.45, 2.75) is 64.1 Å². The number of thiazole rings is 1. The highest BCUT2D eigenvalue weighted by molar-refractivity contribution is 7.09. The number of fused-ring (bicyclic) bond motifs is 4. The summed E-state index contributed by atoms with van der Waals surface area (Å²) in [6.07, 6.45) is 5.68. The van der Waals surface area contributed by atoms with Crippen LogP contribution in [-0.4, -0.2) is 46.9 Å². The fraction of sp³-hybridized carbons (Fsp3) is 0.737. The Morgan fingerprint density at radius 3 is 3.04 bits per heavy atom. The molecule has 0 spiro atoms. The molecule has 0 saturated carbocycles. The number of hydrogen-bond acceptors (Lipinski definition) is 5. The summed E-state index contributed by atoms with van der Waals surface area (Å²) in [7, 11) is 0. The molecule has 27 heavy (non-hydrogen) atoms. The van der Waals surface area contributed by atoms with E-state index in [1.54, 1.807) is 11.3 Å². The van der Waals surface area contributed by atoms with Gasteiger partial charge in [-0.3, -0.25) is 9.59 Å². The molecule has 0 radical (unpaired) electrons. The number of carbonyl (C=O) groups excluding carboxylic acids is 2. The lowest BCUT2D eigenvalue weighted by Crippen LogP contribution is -2.67. The first kappa shape index (κ1) is 20.6. The zero-order chi connectivity index (χ0) is 18.1. The van der Waals surface area contributed by atoms with Gasteiger partial charge in [-0.05, 0) is 44.6 Å². The van der Waals surface area contributed by atoms with Crippen molar-refractivity contribution >= 4 is 35.6 Å². The van der Waals surface area contributed by atoms with Crippen molar-refractivity contribution in [3.05, 3.63) is 16.1 Å². The largest absolute Gasteiger partial charge is 0.349 e. The van der Waals surface area contributed by atoms with Crippen LogP contribution in [0.4, 0.5) is 0 Å². The molecular formula is C19H29ClN4O2S. The van der Waals surface area contributed by atoms with Crippen molar-refractivity contribution in [1.82, 2.24) is 20.5 Å². The molecule has 1 aromatic heterocycles. The highest BCUT2D eigenvalue weighted by atomic mass is 35.5. The van der Waals surface area contributed by atoms with E-state index in [-0.39, 0.29) is 42.2 Å². The first-order valence-corrected chi connectivity index (χ1v) is 10.8. The van der Waals surface area contributed by atoms with E-state index < -0.39 is 0 Å². The summed E-state index contributed by atoms with van der Waals surface area (Å²) in [6.45, 7) is 4.38. The van der Waals surface area contributed by atoms with Gasteiger partial charge in [-0.25, -0.2) is 4.98 Å². The van der Waals surface area contributed by atoms with Crippen molar-refractivity contribution in [1.29, 1.82) is 0 Å². The Balaban J connectivity index is 0.00000210. The maximum absolute atomic E-state index is 13.0. The highest BCUT2D eigenvalue weighted by Gasteiger charge is 2.50. The van der Waals surface area contributed by atoms with Crippen LogP contribution in [-0.2, 0) is 22.6 Å². The molecule has 3 aliphatic heterocycles. The van der Waals surface area contributed by atoms with E-state index in [1.807, 2.05) is 10.3 Å². The smallest absolute Gasteiger partial charge is 0.243 e. The number of nitrogens with zero attached hydrogens (tertiary/aromatic N) is 2. The molecule has 8 heteroatoms. The summed E-state index contributed by atoms with van der Waals surface area (Å²) in [5.41, 5.74) is 0.920. The predicted molar refractivity (Wildman–Crippen MR) is 108 cm³/mol. The van der Waals surface area contributed by atoms with Crippen molar-refractivity contribution in [3.8, 4) is 0 Å². The number of hydrogen-bond donors (Lipinski definition) is 2. The maximum atomic E-state index is 13.0. The van der Waals surface area contributed by atoms with E-state index in [1.165, 1.54) is 0 Å². The van der Waals surface area contributed by atoms with Gasteiger partial charge in [0, 0.05) is 30.3 Å². The normalized spacial score (nSPS) is 29.7. The van der Waals surface area contributed by atoms with Crippen LogP contribution < -0.4 is 10.6 Å². The van der Waals surface area contributed by atoms with Crippen LogP contribution >= 0.6 is 23.7 Å². The van der Waals surface area contributed by atoms with Crippen molar-refractivity contribution in [2.75, 3.05) is 13.1 Å². The molecule has 1 aromatic rings. The number of halogens is 1. The van der Waals surface area contributed by atoms with Gasteiger partial charge in [-0.15, -0.1) is 23.7 Å². The molecule has 6 nitrogen and oxygen atoms in total. The van der Waals surface area contributed by atoms with Crippen LogP contribution in [0.2, 0.25) is 0 Å². The third-order valence-corrected chi connectivity index (χ3v) is 6.98. The lowest BCUT2D eigenvalue weighted by atomic mass is 9.72. The van der Waals surface area contributed by atoms with Crippen LogP contribution in [0, 0.1) is 11.8 Å². The van der Waals surface area contributed by atoms with Crippen molar-refractivity contribution < 1.29 is 9.59 Å². The monoisotopic (exact) mass is 412 g/mol. The van der Waals surface area contributed by atoms with Crippen LogP contribution in [0.1, 0.15) is 49.7 Å². The Morgan fingerprint density at radius 2 is 2.22 bits per heavy atom. The Bertz CT molecular complexity index is 682. The first-order valence-electron chi connectivity index (χ1n) is 9.90. The number of nitrogens with one attached hydrogen (secondary N) is 2. The quantitative estimate of drug-likeness (QED) is 0.776. The van der Waals surface area contributed by atoms with Crippen LogP contribution in [0.25, 0.3) is 0 Å². The van der Waals surface area contributed by atoms with Gasteiger partial charge in [0.2, 0.25) is 11.8 Å². The summed E-state index contributed by atoms with van der Waals surface area (Å²) < 4.78 is 0. The number of carbonyl (C=O) groups is 2. The van der Waals surface area contributed by atoms with Gasteiger partial charge in [0.25, 0.3) is 0 Å². The predicted octanol–water partition coefficient (Wildman–Crippen LogP) is 2.12. The second-order valence-electron chi connectivity index (χ2n) is 7.82. The fourth-order valence-electron chi connectivity index (χ4n) is 4.89.